The third-order valence-corrected chi connectivity index (χ3v) is 5.59. The summed E-state index contributed by atoms with van der Waals surface area (Å²) in [6.45, 7) is 11.6. The third kappa shape index (κ3) is 4.33. The first-order chi connectivity index (χ1) is 12.1. The Morgan fingerprint density at radius 2 is 1.80 bits per heavy atom. The molecule has 2 saturated heterocycles. The Hall–Kier alpha value is -1.59. The Morgan fingerprint density at radius 3 is 2.40 bits per heavy atom. The zero-order valence-corrected chi connectivity index (χ0v) is 15.9. The van der Waals surface area contributed by atoms with Gasteiger partial charge in [0.15, 0.2) is 0 Å². The zero-order chi connectivity index (χ0) is 17.8. The van der Waals surface area contributed by atoms with Gasteiger partial charge in [-0.3, -0.25) is 9.69 Å². The zero-order valence-electron chi connectivity index (χ0n) is 15.9. The third-order valence-electron chi connectivity index (χ3n) is 5.59. The molecule has 1 amide bonds. The second-order valence-corrected chi connectivity index (χ2v) is 7.63. The van der Waals surface area contributed by atoms with Gasteiger partial charge in [-0.05, 0) is 64.0 Å². The molecule has 0 saturated carbocycles. The van der Waals surface area contributed by atoms with Gasteiger partial charge in [0.2, 0.25) is 0 Å². The van der Waals surface area contributed by atoms with Crippen molar-refractivity contribution in [1.29, 1.82) is 0 Å². The van der Waals surface area contributed by atoms with Crippen molar-refractivity contribution in [1.82, 2.24) is 15.1 Å². The Labute approximate surface area is 152 Å². The molecule has 5 nitrogen and oxygen atoms in total. The summed E-state index contributed by atoms with van der Waals surface area (Å²) in [5.41, 5.74) is 2.05. The Balaban J connectivity index is 1.56. The topological polar surface area (TPSA) is 38.8 Å². The van der Waals surface area contributed by atoms with Crippen LogP contribution in [0.1, 0.15) is 30.6 Å². The summed E-state index contributed by atoms with van der Waals surface area (Å²) in [6, 6.07) is 8.84. The minimum Gasteiger partial charge on any atom is -0.369 e. The molecule has 1 aromatic rings. The van der Waals surface area contributed by atoms with Crippen molar-refractivity contribution in [2.45, 2.75) is 26.3 Å². The summed E-state index contributed by atoms with van der Waals surface area (Å²) in [7, 11) is 1.98. The van der Waals surface area contributed by atoms with Crippen molar-refractivity contribution in [3.05, 3.63) is 29.8 Å². The number of nitrogens with one attached hydrogen (secondary N) is 1. The van der Waals surface area contributed by atoms with Gasteiger partial charge >= 0.3 is 0 Å². The van der Waals surface area contributed by atoms with Crippen LogP contribution in [0.15, 0.2) is 24.3 Å². The van der Waals surface area contributed by atoms with E-state index in [1.165, 1.54) is 5.69 Å². The lowest BCUT2D eigenvalue weighted by Gasteiger charge is -2.38. The van der Waals surface area contributed by atoms with Crippen molar-refractivity contribution in [2.24, 2.45) is 5.92 Å². The molecule has 1 aromatic carbocycles. The molecule has 25 heavy (non-hydrogen) atoms. The lowest BCUT2D eigenvalue weighted by molar-refractivity contribution is 0.0787. The van der Waals surface area contributed by atoms with E-state index >= 15 is 0 Å². The highest BCUT2D eigenvalue weighted by molar-refractivity contribution is 5.94. The molecule has 2 aliphatic rings. The number of benzene rings is 1. The Kier molecular flexibility index (Phi) is 5.97. The number of piperazine rings is 1. The van der Waals surface area contributed by atoms with Crippen LogP contribution in [0.25, 0.3) is 0 Å². The molecule has 0 bridgehead atoms. The van der Waals surface area contributed by atoms with Crippen LogP contribution in [0.2, 0.25) is 0 Å². The van der Waals surface area contributed by atoms with Crippen LogP contribution in [-0.4, -0.2) is 74.6 Å². The second-order valence-electron chi connectivity index (χ2n) is 7.63. The van der Waals surface area contributed by atoms with Crippen molar-refractivity contribution in [2.75, 3.05) is 57.8 Å². The van der Waals surface area contributed by atoms with Gasteiger partial charge in [-0.1, -0.05) is 0 Å². The van der Waals surface area contributed by atoms with E-state index in [0.29, 0.717) is 12.0 Å². The van der Waals surface area contributed by atoms with E-state index in [9.17, 15) is 4.79 Å². The molecule has 2 heterocycles. The normalized spacial score (nSPS) is 22.0. The molecule has 1 atom stereocenters. The summed E-state index contributed by atoms with van der Waals surface area (Å²) >= 11 is 0. The average Bonchev–Trinajstić information content (AvgIpc) is 3.10. The summed E-state index contributed by atoms with van der Waals surface area (Å²) in [5.74, 6) is 0.764. The van der Waals surface area contributed by atoms with Crippen LogP contribution in [0.3, 0.4) is 0 Å². The molecule has 2 fully saturated rings. The molecule has 2 aliphatic heterocycles. The highest BCUT2D eigenvalue weighted by Crippen LogP contribution is 2.21. The van der Waals surface area contributed by atoms with E-state index in [1.807, 2.05) is 24.1 Å². The number of likely N-dealkylation sites (tertiary alicyclic amines) is 1. The van der Waals surface area contributed by atoms with Crippen molar-refractivity contribution < 1.29 is 4.79 Å². The van der Waals surface area contributed by atoms with Gasteiger partial charge in [-0.25, -0.2) is 0 Å². The van der Waals surface area contributed by atoms with Gasteiger partial charge in [0.1, 0.15) is 0 Å². The maximum atomic E-state index is 12.7. The standard InChI is InChI=1S/C20H32N4O/c1-16(2)22-10-12-23(13-11-22)19-6-4-18(5-7-19)20(25)24-9-8-17(15-24)14-21-3/h4-7,16-17,21H,8-15H2,1-3H3. The lowest BCUT2D eigenvalue weighted by Crippen LogP contribution is -2.48. The fraction of sp³-hybridized carbons (Fsp3) is 0.650. The van der Waals surface area contributed by atoms with Crippen LogP contribution in [-0.2, 0) is 0 Å². The molecule has 1 unspecified atom stereocenters. The van der Waals surface area contributed by atoms with Gasteiger partial charge in [-0.2, -0.15) is 0 Å². The summed E-state index contributed by atoms with van der Waals surface area (Å²) in [5, 5.41) is 3.22. The largest absolute Gasteiger partial charge is 0.369 e. The van der Waals surface area contributed by atoms with Crippen molar-refractivity contribution >= 4 is 11.6 Å². The molecule has 5 heteroatoms. The number of carbonyl (C=O) groups is 1. The monoisotopic (exact) mass is 344 g/mol. The first-order valence-corrected chi connectivity index (χ1v) is 9.61. The van der Waals surface area contributed by atoms with Gasteiger partial charge in [0, 0.05) is 56.6 Å². The van der Waals surface area contributed by atoms with E-state index in [-0.39, 0.29) is 5.91 Å². The number of carbonyl (C=O) groups excluding carboxylic acids is 1. The summed E-state index contributed by atoms with van der Waals surface area (Å²) in [6.07, 6.45) is 1.10. The van der Waals surface area contributed by atoms with Gasteiger partial charge in [-0.15, -0.1) is 0 Å². The minimum atomic E-state index is 0.176. The summed E-state index contributed by atoms with van der Waals surface area (Å²) < 4.78 is 0. The molecule has 1 N–H and O–H groups in total. The number of rotatable bonds is 5. The molecule has 0 aromatic heterocycles. The van der Waals surface area contributed by atoms with Gasteiger partial charge in [0.25, 0.3) is 5.91 Å². The molecule has 3 rings (SSSR count). The van der Waals surface area contributed by atoms with Gasteiger partial charge < -0.3 is 15.1 Å². The SMILES string of the molecule is CNCC1CCN(C(=O)c2ccc(N3CCN(C(C)C)CC3)cc2)C1. The molecular formula is C20H32N4O. The van der Waals surface area contributed by atoms with Crippen molar-refractivity contribution in [3.63, 3.8) is 0 Å². The second kappa shape index (κ2) is 8.19. The first kappa shape index (κ1) is 18.2. The summed E-state index contributed by atoms with van der Waals surface area (Å²) in [4.78, 5) is 19.6. The number of anilines is 1. The maximum Gasteiger partial charge on any atom is 0.253 e. The van der Waals surface area contributed by atoms with Crippen LogP contribution in [0.4, 0.5) is 5.69 Å². The molecule has 0 radical (unpaired) electrons. The van der Waals surface area contributed by atoms with Gasteiger partial charge in [0.05, 0.1) is 0 Å². The van der Waals surface area contributed by atoms with E-state index in [2.05, 4.69) is 41.1 Å². The van der Waals surface area contributed by atoms with Crippen molar-refractivity contribution in [3.8, 4) is 0 Å². The molecule has 0 aliphatic carbocycles. The minimum absolute atomic E-state index is 0.176. The molecule has 138 valence electrons. The van der Waals surface area contributed by atoms with E-state index < -0.39 is 0 Å². The predicted octanol–water partition coefficient (Wildman–Crippen LogP) is 1.90. The van der Waals surface area contributed by atoms with E-state index in [0.717, 1.165) is 57.8 Å². The predicted molar refractivity (Wildman–Crippen MR) is 103 cm³/mol. The lowest BCUT2D eigenvalue weighted by atomic mass is 10.1. The highest BCUT2D eigenvalue weighted by atomic mass is 16.2. The average molecular weight is 345 g/mol. The van der Waals surface area contributed by atoms with E-state index in [4.69, 9.17) is 0 Å². The first-order valence-electron chi connectivity index (χ1n) is 9.61. The van der Waals surface area contributed by atoms with Crippen LogP contribution in [0.5, 0.6) is 0 Å². The quantitative estimate of drug-likeness (QED) is 0.885. The Bertz CT molecular complexity index is 564. The fourth-order valence-corrected chi connectivity index (χ4v) is 3.97. The van der Waals surface area contributed by atoms with Crippen LogP contribution < -0.4 is 10.2 Å². The number of hydrogen-bond acceptors (Lipinski definition) is 4. The number of hydrogen-bond donors (Lipinski definition) is 1. The molecule has 0 spiro atoms. The number of nitrogens with zero attached hydrogens (tertiary/aromatic N) is 3. The van der Waals surface area contributed by atoms with E-state index in [1.54, 1.807) is 0 Å². The number of amides is 1. The highest BCUT2D eigenvalue weighted by Gasteiger charge is 2.26. The van der Waals surface area contributed by atoms with Crippen LogP contribution in [0, 0.1) is 5.92 Å². The fourth-order valence-electron chi connectivity index (χ4n) is 3.97. The molecular weight excluding hydrogens is 312 g/mol. The maximum absolute atomic E-state index is 12.7. The Morgan fingerprint density at radius 1 is 1.12 bits per heavy atom. The smallest absolute Gasteiger partial charge is 0.253 e. The van der Waals surface area contributed by atoms with Crippen LogP contribution >= 0.6 is 0 Å².